The SMILES string of the molecule is CCC(=O)Nc1cccc(NC2CCOC(C)(CC)C2)c1. The third-order valence-electron chi connectivity index (χ3n) is 4.18. The first kappa shape index (κ1) is 15.8. The molecule has 0 bridgehead atoms. The molecule has 1 heterocycles. The highest BCUT2D eigenvalue weighted by atomic mass is 16.5. The van der Waals surface area contributed by atoms with Crippen LogP contribution in [0.4, 0.5) is 11.4 Å². The highest BCUT2D eigenvalue weighted by Crippen LogP contribution is 2.29. The van der Waals surface area contributed by atoms with Gasteiger partial charge in [0.15, 0.2) is 0 Å². The molecule has 1 aliphatic rings. The van der Waals surface area contributed by atoms with Crippen LogP contribution in [0.5, 0.6) is 0 Å². The van der Waals surface area contributed by atoms with Crippen LogP contribution in [-0.2, 0) is 9.53 Å². The van der Waals surface area contributed by atoms with Gasteiger partial charge in [-0.15, -0.1) is 0 Å². The topological polar surface area (TPSA) is 50.4 Å². The molecule has 2 atom stereocenters. The second kappa shape index (κ2) is 6.94. The van der Waals surface area contributed by atoms with E-state index in [-0.39, 0.29) is 11.5 Å². The van der Waals surface area contributed by atoms with Crippen LogP contribution >= 0.6 is 0 Å². The van der Waals surface area contributed by atoms with Gasteiger partial charge in [-0.1, -0.05) is 19.9 Å². The van der Waals surface area contributed by atoms with Gasteiger partial charge >= 0.3 is 0 Å². The number of hydrogen-bond donors (Lipinski definition) is 2. The van der Waals surface area contributed by atoms with Crippen LogP contribution in [0, 0.1) is 0 Å². The minimum atomic E-state index is -0.0239. The maximum atomic E-state index is 11.5. The molecule has 4 nitrogen and oxygen atoms in total. The Bertz CT molecular complexity index is 489. The molecule has 1 aliphatic heterocycles. The number of carbonyl (C=O) groups excluding carboxylic acids is 1. The zero-order valence-electron chi connectivity index (χ0n) is 13.2. The summed E-state index contributed by atoms with van der Waals surface area (Å²) in [5, 5.41) is 6.46. The average molecular weight is 290 g/mol. The van der Waals surface area contributed by atoms with Crippen LogP contribution < -0.4 is 10.6 Å². The monoisotopic (exact) mass is 290 g/mol. The van der Waals surface area contributed by atoms with Crippen LogP contribution in [0.25, 0.3) is 0 Å². The molecule has 0 aromatic heterocycles. The molecule has 2 N–H and O–H groups in total. The molecule has 0 aliphatic carbocycles. The maximum Gasteiger partial charge on any atom is 0.224 e. The van der Waals surface area contributed by atoms with Crippen molar-refractivity contribution in [2.45, 2.75) is 58.1 Å². The summed E-state index contributed by atoms with van der Waals surface area (Å²) in [5.41, 5.74) is 1.87. The standard InChI is InChI=1S/C17H26N2O2/c1-4-16(20)19-14-8-6-7-13(11-14)18-15-9-10-21-17(3,5-2)12-15/h6-8,11,15,18H,4-5,9-10,12H2,1-3H3,(H,19,20). The summed E-state index contributed by atoms with van der Waals surface area (Å²) >= 11 is 0. The van der Waals surface area contributed by atoms with Crippen molar-refractivity contribution in [3.63, 3.8) is 0 Å². The third-order valence-corrected chi connectivity index (χ3v) is 4.18. The molecule has 0 saturated carbocycles. The molecule has 1 aromatic carbocycles. The number of ether oxygens (including phenoxy) is 1. The third kappa shape index (κ3) is 4.46. The fourth-order valence-electron chi connectivity index (χ4n) is 2.67. The number of anilines is 2. The van der Waals surface area contributed by atoms with E-state index in [1.54, 1.807) is 0 Å². The molecule has 0 spiro atoms. The van der Waals surface area contributed by atoms with Crippen LogP contribution in [0.15, 0.2) is 24.3 Å². The Morgan fingerprint density at radius 2 is 2.14 bits per heavy atom. The Balaban J connectivity index is 1.99. The second-order valence-electron chi connectivity index (χ2n) is 5.97. The maximum absolute atomic E-state index is 11.5. The molecule has 4 heteroatoms. The lowest BCUT2D eigenvalue weighted by Crippen LogP contribution is -2.41. The van der Waals surface area contributed by atoms with E-state index in [2.05, 4.69) is 24.5 Å². The summed E-state index contributed by atoms with van der Waals surface area (Å²) in [7, 11) is 0. The minimum absolute atomic E-state index is 0.0239. The zero-order valence-corrected chi connectivity index (χ0v) is 13.2. The average Bonchev–Trinajstić information content (AvgIpc) is 2.47. The summed E-state index contributed by atoms with van der Waals surface area (Å²) < 4.78 is 5.88. The van der Waals surface area contributed by atoms with Gasteiger partial charge in [0, 0.05) is 30.4 Å². The van der Waals surface area contributed by atoms with Crippen molar-refractivity contribution in [2.75, 3.05) is 17.2 Å². The van der Waals surface area contributed by atoms with Crippen molar-refractivity contribution >= 4 is 17.3 Å². The minimum Gasteiger partial charge on any atom is -0.382 e. The van der Waals surface area contributed by atoms with Gasteiger partial charge in [-0.25, -0.2) is 0 Å². The molecule has 1 saturated heterocycles. The summed E-state index contributed by atoms with van der Waals surface area (Å²) in [6.07, 6.45) is 3.54. The first-order chi connectivity index (χ1) is 10.0. The van der Waals surface area contributed by atoms with Gasteiger partial charge in [-0.3, -0.25) is 4.79 Å². The summed E-state index contributed by atoms with van der Waals surface area (Å²) in [6, 6.07) is 8.33. The molecule has 116 valence electrons. The lowest BCUT2D eigenvalue weighted by atomic mass is 9.90. The van der Waals surface area contributed by atoms with Crippen LogP contribution in [0.2, 0.25) is 0 Å². The van der Waals surface area contributed by atoms with Gasteiger partial charge in [0.1, 0.15) is 0 Å². The number of carbonyl (C=O) groups is 1. The molecule has 0 radical (unpaired) electrons. The van der Waals surface area contributed by atoms with Gasteiger partial charge in [-0.05, 0) is 44.4 Å². The van der Waals surface area contributed by atoms with Crippen molar-refractivity contribution in [1.29, 1.82) is 0 Å². The van der Waals surface area contributed by atoms with E-state index in [0.717, 1.165) is 37.2 Å². The summed E-state index contributed by atoms with van der Waals surface area (Å²) in [5.74, 6) is 0.0387. The smallest absolute Gasteiger partial charge is 0.224 e. The van der Waals surface area contributed by atoms with Gasteiger partial charge < -0.3 is 15.4 Å². The quantitative estimate of drug-likeness (QED) is 0.867. The van der Waals surface area contributed by atoms with Crippen molar-refractivity contribution in [1.82, 2.24) is 0 Å². The molecule has 2 unspecified atom stereocenters. The molecular weight excluding hydrogens is 264 g/mol. The first-order valence-electron chi connectivity index (χ1n) is 7.85. The van der Waals surface area contributed by atoms with Crippen molar-refractivity contribution in [3.8, 4) is 0 Å². The predicted octanol–water partition coefficient (Wildman–Crippen LogP) is 3.79. The van der Waals surface area contributed by atoms with Gasteiger partial charge in [-0.2, -0.15) is 0 Å². The largest absolute Gasteiger partial charge is 0.382 e. The second-order valence-corrected chi connectivity index (χ2v) is 5.97. The predicted molar refractivity (Wildman–Crippen MR) is 86.7 cm³/mol. The Morgan fingerprint density at radius 1 is 1.38 bits per heavy atom. The van der Waals surface area contributed by atoms with Crippen molar-refractivity contribution < 1.29 is 9.53 Å². The lowest BCUT2D eigenvalue weighted by molar-refractivity contribution is -0.115. The van der Waals surface area contributed by atoms with Crippen LogP contribution in [0.3, 0.4) is 0 Å². The fraction of sp³-hybridized carbons (Fsp3) is 0.588. The number of amides is 1. The Kier molecular flexibility index (Phi) is 5.23. The lowest BCUT2D eigenvalue weighted by Gasteiger charge is -2.38. The van der Waals surface area contributed by atoms with E-state index in [1.807, 2.05) is 31.2 Å². The number of benzene rings is 1. The summed E-state index contributed by atoms with van der Waals surface area (Å²) in [4.78, 5) is 11.5. The highest BCUT2D eigenvalue weighted by Gasteiger charge is 2.31. The van der Waals surface area contributed by atoms with Crippen molar-refractivity contribution in [3.05, 3.63) is 24.3 Å². The molecule has 1 aromatic rings. The van der Waals surface area contributed by atoms with E-state index in [9.17, 15) is 4.79 Å². The van der Waals surface area contributed by atoms with Crippen LogP contribution in [-0.4, -0.2) is 24.2 Å². The molecule has 21 heavy (non-hydrogen) atoms. The van der Waals surface area contributed by atoms with E-state index in [4.69, 9.17) is 4.74 Å². The van der Waals surface area contributed by atoms with E-state index >= 15 is 0 Å². The number of hydrogen-bond acceptors (Lipinski definition) is 3. The zero-order chi connectivity index (χ0) is 15.3. The normalized spacial score (nSPS) is 25.4. The highest BCUT2D eigenvalue weighted by molar-refractivity contribution is 5.90. The van der Waals surface area contributed by atoms with Crippen molar-refractivity contribution in [2.24, 2.45) is 0 Å². The van der Waals surface area contributed by atoms with Crippen LogP contribution in [0.1, 0.15) is 46.5 Å². The summed E-state index contributed by atoms with van der Waals surface area (Å²) in [6.45, 7) is 7.00. The fourth-order valence-corrected chi connectivity index (χ4v) is 2.67. The van der Waals surface area contributed by atoms with Gasteiger partial charge in [0.2, 0.25) is 5.91 Å². The number of rotatable bonds is 5. The van der Waals surface area contributed by atoms with Gasteiger partial charge in [0.05, 0.1) is 5.60 Å². The molecule has 1 fully saturated rings. The Hall–Kier alpha value is -1.55. The molecular formula is C17H26N2O2. The van der Waals surface area contributed by atoms with E-state index in [1.165, 1.54) is 0 Å². The first-order valence-corrected chi connectivity index (χ1v) is 7.85. The van der Waals surface area contributed by atoms with E-state index in [0.29, 0.717) is 12.5 Å². The Morgan fingerprint density at radius 3 is 2.86 bits per heavy atom. The van der Waals surface area contributed by atoms with E-state index < -0.39 is 0 Å². The number of nitrogens with one attached hydrogen (secondary N) is 2. The Labute approximate surface area is 127 Å². The molecule has 1 amide bonds. The van der Waals surface area contributed by atoms with Gasteiger partial charge in [0.25, 0.3) is 0 Å². The molecule has 2 rings (SSSR count).